The van der Waals surface area contributed by atoms with E-state index in [1.807, 2.05) is 30.5 Å². The summed E-state index contributed by atoms with van der Waals surface area (Å²) in [5.74, 6) is -0.926. The molecule has 170 valence electrons. The molecule has 5 rings (SSSR count). The summed E-state index contributed by atoms with van der Waals surface area (Å²) < 4.78 is 0. The number of carbonyl (C=O) groups is 3. The number of piperidine rings is 2. The minimum absolute atomic E-state index is 0.204. The molecule has 0 spiro atoms. The Bertz CT molecular complexity index is 1200. The predicted molar refractivity (Wildman–Crippen MR) is 127 cm³/mol. The molecule has 8 nitrogen and oxygen atoms in total. The van der Waals surface area contributed by atoms with E-state index in [1.165, 1.54) is 0 Å². The number of carbonyl (C=O) groups excluding carboxylic acids is 3. The summed E-state index contributed by atoms with van der Waals surface area (Å²) in [5.41, 5.74) is 9.17. The Hall–Kier alpha value is -3.52. The van der Waals surface area contributed by atoms with E-state index in [0.717, 1.165) is 47.8 Å². The van der Waals surface area contributed by atoms with Gasteiger partial charge in [0.15, 0.2) is 0 Å². The summed E-state index contributed by atoms with van der Waals surface area (Å²) in [6.07, 6.45) is 6.65. The maximum atomic E-state index is 13.3. The van der Waals surface area contributed by atoms with E-state index in [-0.39, 0.29) is 18.2 Å². The third-order valence-corrected chi connectivity index (χ3v) is 6.71. The lowest BCUT2D eigenvalue weighted by Gasteiger charge is -2.30. The molecule has 2 aromatic carbocycles. The lowest BCUT2D eigenvalue weighted by atomic mass is 9.96. The monoisotopic (exact) mass is 445 g/mol. The van der Waals surface area contributed by atoms with Crippen LogP contribution < -0.4 is 21.3 Å². The zero-order valence-electron chi connectivity index (χ0n) is 18.3. The maximum absolute atomic E-state index is 13.3. The van der Waals surface area contributed by atoms with Gasteiger partial charge in [0.25, 0.3) is 5.91 Å². The molecule has 3 amide bonds. The summed E-state index contributed by atoms with van der Waals surface area (Å²) in [7, 11) is 0. The van der Waals surface area contributed by atoms with Gasteiger partial charge in [-0.15, -0.1) is 0 Å². The average Bonchev–Trinajstić information content (AvgIpc) is 3.11. The minimum atomic E-state index is -0.687. The Morgan fingerprint density at radius 2 is 1.94 bits per heavy atom. The molecule has 0 saturated carbocycles. The van der Waals surface area contributed by atoms with Crippen molar-refractivity contribution in [3.63, 3.8) is 0 Å². The molecular weight excluding hydrogens is 418 g/mol. The topological polar surface area (TPSA) is 117 Å². The largest absolute Gasteiger partial charge is 0.404 e. The molecule has 8 heteroatoms. The number of rotatable bonds is 5. The summed E-state index contributed by atoms with van der Waals surface area (Å²) in [6, 6.07) is 9.17. The fourth-order valence-corrected chi connectivity index (χ4v) is 4.98. The van der Waals surface area contributed by atoms with Crippen LogP contribution in [0.1, 0.15) is 41.6 Å². The predicted octanol–water partition coefficient (Wildman–Crippen LogP) is 1.81. The van der Waals surface area contributed by atoms with Gasteiger partial charge in [-0.05, 0) is 67.2 Å². The normalized spacial score (nSPS) is 21.9. The van der Waals surface area contributed by atoms with E-state index in [1.54, 1.807) is 17.2 Å². The van der Waals surface area contributed by atoms with Crippen LogP contribution in [0.4, 0.5) is 5.69 Å². The van der Waals surface area contributed by atoms with Gasteiger partial charge in [-0.25, -0.2) is 0 Å². The molecule has 2 fully saturated rings. The Morgan fingerprint density at radius 3 is 2.70 bits per heavy atom. The third-order valence-electron chi connectivity index (χ3n) is 6.71. The quantitative estimate of drug-likeness (QED) is 0.479. The number of imide groups is 1. The lowest BCUT2D eigenvalue weighted by Crippen LogP contribution is -2.53. The molecule has 3 aliphatic rings. The average molecular weight is 446 g/mol. The van der Waals surface area contributed by atoms with E-state index in [0.29, 0.717) is 30.1 Å². The van der Waals surface area contributed by atoms with Gasteiger partial charge < -0.3 is 11.1 Å². The van der Waals surface area contributed by atoms with Gasteiger partial charge in [-0.2, -0.15) is 0 Å². The van der Waals surface area contributed by atoms with Gasteiger partial charge in [0.05, 0.1) is 11.7 Å². The fourth-order valence-electron chi connectivity index (χ4n) is 4.98. The van der Waals surface area contributed by atoms with Crippen LogP contribution in [0.15, 0.2) is 47.1 Å². The van der Waals surface area contributed by atoms with Crippen molar-refractivity contribution in [3.05, 3.63) is 53.2 Å². The Balaban J connectivity index is 1.46. The number of anilines is 1. The van der Waals surface area contributed by atoms with E-state index in [9.17, 15) is 14.4 Å². The van der Waals surface area contributed by atoms with Crippen molar-refractivity contribution >= 4 is 40.4 Å². The summed E-state index contributed by atoms with van der Waals surface area (Å²) in [4.78, 5) is 43.6. The number of hydrogen-bond donors (Lipinski definition) is 3. The molecule has 0 radical (unpaired) electrons. The highest BCUT2D eigenvalue weighted by Crippen LogP contribution is 2.41. The molecule has 3 heterocycles. The molecule has 2 saturated heterocycles. The van der Waals surface area contributed by atoms with Crippen LogP contribution >= 0.6 is 0 Å². The van der Waals surface area contributed by atoms with Crippen LogP contribution in [-0.2, 0) is 16.0 Å². The first-order valence-electron chi connectivity index (χ1n) is 11.4. The third kappa shape index (κ3) is 3.91. The zero-order valence-corrected chi connectivity index (χ0v) is 18.3. The van der Waals surface area contributed by atoms with Crippen LogP contribution in [0.25, 0.3) is 10.8 Å². The number of allylic oxidation sites excluding steroid dienone is 1. The molecule has 1 atom stereocenters. The van der Waals surface area contributed by atoms with E-state index < -0.39 is 11.9 Å². The van der Waals surface area contributed by atoms with E-state index >= 15 is 0 Å². The zero-order chi connectivity index (χ0) is 22.9. The molecule has 3 aliphatic heterocycles. The molecule has 0 aromatic heterocycles. The van der Waals surface area contributed by atoms with E-state index in [2.05, 4.69) is 10.6 Å². The molecule has 1 unspecified atom stereocenters. The minimum Gasteiger partial charge on any atom is -0.404 e. The van der Waals surface area contributed by atoms with Crippen LogP contribution in [0.2, 0.25) is 0 Å². The fraction of sp³-hybridized carbons (Fsp3) is 0.360. The molecular formula is C25H27N5O3. The van der Waals surface area contributed by atoms with Crippen LogP contribution in [0.3, 0.4) is 0 Å². The van der Waals surface area contributed by atoms with Gasteiger partial charge in [-0.1, -0.05) is 18.2 Å². The number of aliphatic imine (C=N–C) groups is 1. The highest BCUT2D eigenvalue weighted by atomic mass is 16.2. The van der Waals surface area contributed by atoms with Crippen LogP contribution in [-0.4, -0.2) is 49.1 Å². The molecule has 0 aliphatic carbocycles. The second kappa shape index (κ2) is 8.78. The van der Waals surface area contributed by atoms with Crippen molar-refractivity contribution in [1.82, 2.24) is 10.6 Å². The van der Waals surface area contributed by atoms with Gasteiger partial charge in [0.1, 0.15) is 6.04 Å². The summed E-state index contributed by atoms with van der Waals surface area (Å²) in [5, 5.41) is 7.51. The van der Waals surface area contributed by atoms with Crippen molar-refractivity contribution in [2.45, 2.75) is 44.2 Å². The van der Waals surface area contributed by atoms with Crippen LogP contribution in [0, 0.1) is 0 Å². The SMILES string of the molecule is N/C=C(\C=NC1CCNCC1)Cc1ccc2c3c(cccc13)C(=O)N2C1CCC(=O)NC1=O. The smallest absolute Gasteiger partial charge is 0.259 e. The highest BCUT2D eigenvalue weighted by Gasteiger charge is 2.40. The summed E-state index contributed by atoms with van der Waals surface area (Å²) in [6.45, 7) is 1.96. The molecule has 4 N–H and O–H groups in total. The van der Waals surface area contributed by atoms with Crippen molar-refractivity contribution in [1.29, 1.82) is 0 Å². The number of nitrogens with zero attached hydrogens (tertiary/aromatic N) is 2. The summed E-state index contributed by atoms with van der Waals surface area (Å²) >= 11 is 0. The number of hydrogen-bond acceptors (Lipinski definition) is 6. The lowest BCUT2D eigenvalue weighted by molar-refractivity contribution is -0.134. The number of nitrogens with one attached hydrogen (secondary N) is 2. The van der Waals surface area contributed by atoms with Gasteiger partial charge in [0.2, 0.25) is 11.8 Å². The van der Waals surface area contributed by atoms with Crippen molar-refractivity contribution in [2.75, 3.05) is 18.0 Å². The first-order chi connectivity index (χ1) is 16.1. The first kappa shape index (κ1) is 21.3. The molecule has 33 heavy (non-hydrogen) atoms. The Kier molecular flexibility index (Phi) is 5.68. The Morgan fingerprint density at radius 1 is 1.12 bits per heavy atom. The second-order valence-corrected chi connectivity index (χ2v) is 8.79. The van der Waals surface area contributed by atoms with E-state index in [4.69, 9.17) is 10.7 Å². The number of benzene rings is 2. The van der Waals surface area contributed by atoms with Crippen molar-refractivity contribution < 1.29 is 14.4 Å². The van der Waals surface area contributed by atoms with Crippen LogP contribution in [0.5, 0.6) is 0 Å². The first-order valence-corrected chi connectivity index (χ1v) is 11.4. The number of nitrogens with two attached hydrogens (primary N) is 1. The second-order valence-electron chi connectivity index (χ2n) is 8.79. The van der Waals surface area contributed by atoms with Gasteiger partial charge in [-0.3, -0.25) is 29.6 Å². The van der Waals surface area contributed by atoms with Gasteiger partial charge >= 0.3 is 0 Å². The highest BCUT2D eigenvalue weighted by molar-refractivity contribution is 6.27. The van der Waals surface area contributed by atoms with Crippen molar-refractivity contribution in [3.8, 4) is 0 Å². The molecule has 0 bridgehead atoms. The maximum Gasteiger partial charge on any atom is 0.259 e. The van der Waals surface area contributed by atoms with Gasteiger partial charge in [0, 0.05) is 30.0 Å². The number of amides is 3. The molecule has 2 aromatic rings. The standard InChI is InChI=1S/C25H27N5O3/c26-13-15(14-28-17-8-10-27-11-9-17)12-16-4-5-20-23-18(16)2-1-3-19(23)25(33)30(20)21-6-7-22(31)29-24(21)32/h1-5,13-14,17,21,27H,6-12,26H2,(H,29,31,32)/b15-13-,28-14?. The Labute approximate surface area is 191 Å². The van der Waals surface area contributed by atoms with Crippen molar-refractivity contribution in [2.24, 2.45) is 10.7 Å².